The van der Waals surface area contributed by atoms with Crippen molar-refractivity contribution in [1.29, 1.82) is 0 Å². The summed E-state index contributed by atoms with van der Waals surface area (Å²) in [6.45, 7) is 1.75. The standard InChI is InChI=1S/C20H22FN3O/c21-19-10-16(17-11-22-23-12-17)7-8-18(19)15-5-3-14(4-6-15)13-24-9-1-2-20(24)25/h5,7-8,10-12,14H,1-4,6,9,13H2,(H,22,23)/t14-/m0/s1. The van der Waals surface area contributed by atoms with Crippen molar-refractivity contribution in [3.8, 4) is 11.1 Å². The number of carbonyl (C=O) groups is 1. The van der Waals surface area contributed by atoms with E-state index in [1.54, 1.807) is 18.5 Å². The molecule has 1 saturated heterocycles. The molecule has 1 amide bonds. The monoisotopic (exact) mass is 339 g/mol. The van der Waals surface area contributed by atoms with Gasteiger partial charge >= 0.3 is 0 Å². The van der Waals surface area contributed by atoms with Crippen LogP contribution in [0.5, 0.6) is 0 Å². The lowest BCUT2D eigenvalue weighted by Crippen LogP contribution is -2.31. The third-order valence-electron chi connectivity index (χ3n) is 5.32. The van der Waals surface area contributed by atoms with Gasteiger partial charge in [0.2, 0.25) is 5.91 Å². The lowest BCUT2D eigenvalue weighted by atomic mass is 9.86. The number of nitrogens with zero attached hydrogens (tertiary/aromatic N) is 2. The Hall–Kier alpha value is -2.43. The summed E-state index contributed by atoms with van der Waals surface area (Å²) in [5.41, 5.74) is 3.50. The highest BCUT2D eigenvalue weighted by molar-refractivity contribution is 5.78. The molecule has 1 fully saturated rings. The molecule has 5 heteroatoms. The van der Waals surface area contributed by atoms with Gasteiger partial charge < -0.3 is 4.90 Å². The second-order valence-electron chi connectivity index (χ2n) is 6.99. The summed E-state index contributed by atoms with van der Waals surface area (Å²) in [4.78, 5) is 13.8. The van der Waals surface area contributed by atoms with Gasteiger partial charge in [-0.2, -0.15) is 5.10 Å². The van der Waals surface area contributed by atoms with E-state index in [2.05, 4.69) is 16.3 Å². The molecule has 0 unspecified atom stereocenters. The van der Waals surface area contributed by atoms with E-state index in [0.717, 1.165) is 55.5 Å². The minimum absolute atomic E-state index is 0.182. The van der Waals surface area contributed by atoms with Gasteiger partial charge in [0.25, 0.3) is 0 Å². The van der Waals surface area contributed by atoms with Crippen LogP contribution in [0, 0.1) is 11.7 Å². The zero-order valence-corrected chi connectivity index (χ0v) is 14.2. The average Bonchev–Trinajstić information content (AvgIpc) is 3.28. The number of rotatable bonds is 4. The Labute approximate surface area is 146 Å². The van der Waals surface area contributed by atoms with Crippen LogP contribution in [0.15, 0.2) is 36.7 Å². The first-order valence-electron chi connectivity index (χ1n) is 8.96. The molecule has 25 heavy (non-hydrogen) atoms. The zero-order chi connectivity index (χ0) is 17.2. The Morgan fingerprint density at radius 1 is 1.28 bits per heavy atom. The van der Waals surface area contributed by atoms with Crippen LogP contribution in [-0.4, -0.2) is 34.1 Å². The molecule has 2 aliphatic rings. The highest BCUT2D eigenvalue weighted by Crippen LogP contribution is 2.33. The molecule has 1 aromatic carbocycles. The van der Waals surface area contributed by atoms with E-state index in [0.29, 0.717) is 17.9 Å². The molecule has 1 N–H and O–H groups in total. The van der Waals surface area contributed by atoms with Gasteiger partial charge in [-0.05, 0) is 48.8 Å². The number of aromatic amines is 1. The summed E-state index contributed by atoms with van der Waals surface area (Å²) in [6, 6.07) is 5.39. The predicted molar refractivity (Wildman–Crippen MR) is 95.1 cm³/mol. The van der Waals surface area contributed by atoms with E-state index in [1.807, 2.05) is 17.0 Å². The maximum Gasteiger partial charge on any atom is 0.222 e. The third kappa shape index (κ3) is 3.36. The van der Waals surface area contributed by atoms with E-state index in [1.165, 1.54) is 0 Å². The predicted octanol–water partition coefficient (Wildman–Crippen LogP) is 4.02. The van der Waals surface area contributed by atoms with E-state index in [9.17, 15) is 9.18 Å². The minimum atomic E-state index is -0.182. The maximum absolute atomic E-state index is 14.6. The Balaban J connectivity index is 1.45. The van der Waals surface area contributed by atoms with Crippen LogP contribution < -0.4 is 0 Å². The zero-order valence-electron chi connectivity index (χ0n) is 14.2. The van der Waals surface area contributed by atoms with E-state index in [-0.39, 0.29) is 11.7 Å². The summed E-state index contributed by atoms with van der Waals surface area (Å²) in [7, 11) is 0. The SMILES string of the molecule is O=C1CCCN1C[C@H]1CC=C(c2ccc(-c3cn[nH]c3)cc2F)CC1. The van der Waals surface area contributed by atoms with Gasteiger partial charge in [0, 0.05) is 36.8 Å². The van der Waals surface area contributed by atoms with Crippen molar-refractivity contribution in [2.45, 2.75) is 32.1 Å². The number of likely N-dealkylation sites (tertiary alicyclic amines) is 1. The second kappa shape index (κ2) is 6.82. The van der Waals surface area contributed by atoms with Gasteiger partial charge in [0.1, 0.15) is 5.82 Å². The fraction of sp³-hybridized carbons (Fsp3) is 0.400. The number of carbonyl (C=O) groups excluding carboxylic acids is 1. The number of allylic oxidation sites excluding steroid dienone is 2. The van der Waals surface area contributed by atoms with Crippen molar-refractivity contribution in [2.75, 3.05) is 13.1 Å². The molecule has 0 bridgehead atoms. The van der Waals surface area contributed by atoms with Crippen molar-refractivity contribution in [1.82, 2.24) is 15.1 Å². The van der Waals surface area contributed by atoms with Gasteiger partial charge in [-0.15, -0.1) is 0 Å². The van der Waals surface area contributed by atoms with Crippen LogP contribution in [0.4, 0.5) is 4.39 Å². The molecule has 0 spiro atoms. The summed E-state index contributed by atoms with van der Waals surface area (Å²) in [6.07, 6.45) is 10.1. The Morgan fingerprint density at radius 2 is 2.20 bits per heavy atom. The van der Waals surface area contributed by atoms with Gasteiger partial charge in [-0.25, -0.2) is 4.39 Å². The molecule has 0 radical (unpaired) electrons. The van der Waals surface area contributed by atoms with Crippen LogP contribution in [0.1, 0.15) is 37.7 Å². The molecule has 1 aliphatic carbocycles. The summed E-state index contributed by atoms with van der Waals surface area (Å²) in [5.74, 6) is 0.604. The fourth-order valence-electron chi connectivity index (χ4n) is 3.87. The van der Waals surface area contributed by atoms with Crippen LogP contribution in [0.2, 0.25) is 0 Å². The normalized spacial score (nSPS) is 20.8. The first-order chi connectivity index (χ1) is 12.2. The number of aromatic nitrogens is 2. The quantitative estimate of drug-likeness (QED) is 0.914. The maximum atomic E-state index is 14.6. The molecule has 1 aliphatic heterocycles. The lowest BCUT2D eigenvalue weighted by Gasteiger charge is -2.27. The van der Waals surface area contributed by atoms with Crippen molar-refractivity contribution < 1.29 is 9.18 Å². The van der Waals surface area contributed by atoms with Crippen LogP contribution in [-0.2, 0) is 4.79 Å². The van der Waals surface area contributed by atoms with Gasteiger partial charge in [-0.3, -0.25) is 9.89 Å². The molecule has 130 valence electrons. The molecule has 1 atom stereocenters. The van der Waals surface area contributed by atoms with Crippen molar-refractivity contribution >= 4 is 11.5 Å². The molecular formula is C20H22FN3O. The Morgan fingerprint density at radius 3 is 2.84 bits per heavy atom. The molecule has 1 aromatic heterocycles. The second-order valence-corrected chi connectivity index (χ2v) is 6.99. The smallest absolute Gasteiger partial charge is 0.222 e. The van der Waals surface area contributed by atoms with Crippen molar-refractivity contribution in [3.63, 3.8) is 0 Å². The number of H-pyrrole nitrogens is 1. The number of benzene rings is 1. The fourth-order valence-corrected chi connectivity index (χ4v) is 3.87. The van der Waals surface area contributed by atoms with E-state index < -0.39 is 0 Å². The summed E-state index contributed by atoms with van der Waals surface area (Å²) in [5, 5.41) is 6.66. The largest absolute Gasteiger partial charge is 0.342 e. The first-order valence-corrected chi connectivity index (χ1v) is 8.96. The Kier molecular flexibility index (Phi) is 4.38. The van der Waals surface area contributed by atoms with Crippen LogP contribution >= 0.6 is 0 Å². The van der Waals surface area contributed by atoms with Gasteiger partial charge in [-0.1, -0.05) is 18.2 Å². The molecule has 0 saturated carbocycles. The lowest BCUT2D eigenvalue weighted by molar-refractivity contribution is -0.128. The van der Waals surface area contributed by atoms with E-state index in [4.69, 9.17) is 0 Å². The molecule has 2 aromatic rings. The van der Waals surface area contributed by atoms with Crippen molar-refractivity contribution in [3.05, 3.63) is 48.0 Å². The summed E-state index contributed by atoms with van der Waals surface area (Å²) < 4.78 is 14.6. The highest BCUT2D eigenvalue weighted by atomic mass is 19.1. The molecule has 2 heterocycles. The summed E-state index contributed by atoms with van der Waals surface area (Å²) >= 11 is 0. The highest BCUT2D eigenvalue weighted by Gasteiger charge is 2.25. The number of hydrogen-bond acceptors (Lipinski definition) is 2. The molecule has 4 nitrogen and oxygen atoms in total. The molecule has 4 rings (SSSR count). The van der Waals surface area contributed by atoms with Gasteiger partial charge in [0.15, 0.2) is 0 Å². The first kappa shape index (κ1) is 16.1. The topological polar surface area (TPSA) is 49.0 Å². The van der Waals surface area contributed by atoms with Gasteiger partial charge in [0.05, 0.1) is 6.20 Å². The number of nitrogens with one attached hydrogen (secondary N) is 1. The van der Waals surface area contributed by atoms with Crippen LogP contribution in [0.3, 0.4) is 0 Å². The number of amides is 1. The third-order valence-corrected chi connectivity index (χ3v) is 5.32. The average molecular weight is 339 g/mol. The number of halogens is 1. The minimum Gasteiger partial charge on any atom is -0.342 e. The Bertz CT molecular complexity index is 797. The van der Waals surface area contributed by atoms with E-state index >= 15 is 0 Å². The number of hydrogen-bond donors (Lipinski definition) is 1. The van der Waals surface area contributed by atoms with Crippen LogP contribution in [0.25, 0.3) is 16.7 Å². The van der Waals surface area contributed by atoms with Crippen molar-refractivity contribution in [2.24, 2.45) is 5.92 Å². The molecular weight excluding hydrogens is 317 g/mol.